The summed E-state index contributed by atoms with van der Waals surface area (Å²) in [6.07, 6.45) is 6.47. The van der Waals surface area contributed by atoms with Crippen LogP contribution in [0.15, 0.2) is 33.6 Å². The van der Waals surface area contributed by atoms with Crippen LogP contribution < -0.4 is 11.4 Å². The summed E-state index contributed by atoms with van der Waals surface area (Å²) in [4.78, 5) is 25.3. The molecule has 0 saturated heterocycles. The number of methoxy groups -OCH3 is 1. The molecule has 0 N–H and O–H groups in total. The van der Waals surface area contributed by atoms with Gasteiger partial charge in [-0.05, 0) is 29.7 Å². The van der Waals surface area contributed by atoms with Gasteiger partial charge >= 0.3 is 11.4 Å². The van der Waals surface area contributed by atoms with E-state index in [0.717, 1.165) is 5.76 Å². The Kier molecular flexibility index (Phi) is 1.20. The number of rotatable bonds is 1. The monoisotopic (exact) mass is 297 g/mol. The predicted octanol–water partition coefficient (Wildman–Crippen LogP) is 0.0364. The lowest BCUT2D eigenvalue weighted by Gasteiger charge is -2.48. The molecule has 112 valence electrons. The fourth-order valence-electron chi connectivity index (χ4n) is 7.68. The Balaban J connectivity index is 1.67. The zero-order valence-corrected chi connectivity index (χ0v) is 12.3. The summed E-state index contributed by atoms with van der Waals surface area (Å²) in [6.45, 7) is 0. The number of nitrogens with zero attached hydrogens (tertiary/aromatic N) is 3. The van der Waals surface area contributed by atoms with E-state index in [2.05, 4.69) is 18.2 Å². The zero-order chi connectivity index (χ0) is 14.8. The first-order chi connectivity index (χ1) is 10.6. The van der Waals surface area contributed by atoms with Gasteiger partial charge < -0.3 is 4.74 Å². The summed E-state index contributed by atoms with van der Waals surface area (Å²) in [5.41, 5.74) is -0.339. The molecule has 0 amide bonds. The highest BCUT2D eigenvalue weighted by atomic mass is 16.5. The summed E-state index contributed by atoms with van der Waals surface area (Å²) in [7, 11) is 3.33. The van der Waals surface area contributed by atoms with Crippen LogP contribution in [0.5, 0.6) is 0 Å². The highest BCUT2D eigenvalue weighted by Crippen LogP contribution is 3.04. The van der Waals surface area contributed by atoms with E-state index in [1.807, 2.05) is 0 Å². The molecule has 5 aliphatic carbocycles. The van der Waals surface area contributed by atoms with Crippen LogP contribution in [0.1, 0.15) is 12.1 Å². The molecule has 6 nitrogen and oxygen atoms in total. The van der Waals surface area contributed by atoms with Crippen molar-refractivity contribution in [2.75, 3.05) is 7.11 Å². The largest absolute Gasteiger partial charge is 0.500 e. The maximum Gasteiger partial charge on any atom is 0.347 e. The van der Waals surface area contributed by atoms with Crippen LogP contribution in [0.25, 0.3) is 0 Å². The topological polar surface area (TPSA) is 58.2 Å². The van der Waals surface area contributed by atoms with Gasteiger partial charge in [0.25, 0.3) is 0 Å². The maximum atomic E-state index is 12.7. The van der Waals surface area contributed by atoms with E-state index in [1.165, 1.54) is 4.57 Å². The smallest absolute Gasteiger partial charge is 0.347 e. The van der Waals surface area contributed by atoms with E-state index in [4.69, 9.17) is 4.74 Å². The molecule has 2 aliphatic heterocycles. The SMILES string of the molecule is COC1=CC=CC23C4C5C6C5C2C13C6n1c(=O)n(C)c(=O)n14. The van der Waals surface area contributed by atoms with Gasteiger partial charge in [0.05, 0.1) is 24.6 Å². The van der Waals surface area contributed by atoms with E-state index in [9.17, 15) is 9.59 Å². The molecule has 6 heteroatoms. The minimum atomic E-state index is -0.162. The Morgan fingerprint density at radius 3 is 2.50 bits per heavy atom. The summed E-state index contributed by atoms with van der Waals surface area (Å²) in [5, 5.41) is 0. The van der Waals surface area contributed by atoms with E-state index in [1.54, 1.807) is 23.5 Å². The molecule has 3 heterocycles. The van der Waals surface area contributed by atoms with Crippen LogP contribution >= 0.6 is 0 Å². The van der Waals surface area contributed by atoms with Crippen molar-refractivity contribution >= 4 is 0 Å². The van der Waals surface area contributed by atoms with Crippen molar-refractivity contribution in [3.05, 3.63) is 45.0 Å². The molecule has 2 spiro atoms. The average Bonchev–Trinajstić information content (AvgIpc) is 3.31. The molecule has 7 aliphatic rings. The van der Waals surface area contributed by atoms with Crippen molar-refractivity contribution in [3.8, 4) is 0 Å². The lowest BCUT2D eigenvalue weighted by atomic mass is 9.68. The highest BCUT2D eigenvalue weighted by molar-refractivity contribution is 5.59. The number of aromatic nitrogens is 3. The van der Waals surface area contributed by atoms with Crippen molar-refractivity contribution in [3.63, 3.8) is 0 Å². The van der Waals surface area contributed by atoms with Gasteiger partial charge in [0.1, 0.15) is 5.76 Å². The standard InChI is InChI=1S/C16H15N3O3/c1-17-13(20)18-11-8-7-9(8)12(19(18)14(17)21)16-6(22-2)4-3-5-15(11,16)10(7)16/h3-5,7-12H,1-2H3. The number of hydrogen-bond acceptors (Lipinski definition) is 3. The summed E-state index contributed by atoms with van der Waals surface area (Å²) < 4.78 is 10.6. The first-order valence-corrected chi connectivity index (χ1v) is 7.98. The molecule has 2 bridgehead atoms. The Morgan fingerprint density at radius 1 is 1.09 bits per heavy atom. The maximum absolute atomic E-state index is 12.7. The Hall–Kier alpha value is -1.98. The van der Waals surface area contributed by atoms with Crippen LogP contribution in [0, 0.1) is 34.5 Å². The fourth-order valence-corrected chi connectivity index (χ4v) is 7.68. The molecular weight excluding hydrogens is 282 g/mol. The molecule has 8 rings (SSSR count). The van der Waals surface area contributed by atoms with Crippen LogP contribution in [-0.4, -0.2) is 21.0 Å². The average molecular weight is 297 g/mol. The van der Waals surface area contributed by atoms with Crippen LogP contribution in [-0.2, 0) is 11.8 Å². The van der Waals surface area contributed by atoms with Crippen LogP contribution in [0.2, 0.25) is 0 Å². The van der Waals surface area contributed by atoms with Gasteiger partial charge in [0.2, 0.25) is 0 Å². The molecule has 22 heavy (non-hydrogen) atoms. The summed E-state index contributed by atoms with van der Waals surface area (Å²) in [6, 6.07) is 0.254. The van der Waals surface area contributed by atoms with Crippen molar-refractivity contribution in [2.24, 2.45) is 41.5 Å². The molecule has 8 unspecified atom stereocenters. The summed E-state index contributed by atoms with van der Waals surface area (Å²) in [5.74, 6) is 3.42. The van der Waals surface area contributed by atoms with E-state index in [-0.39, 0.29) is 34.3 Å². The van der Waals surface area contributed by atoms with Gasteiger partial charge in [-0.3, -0.25) is 0 Å². The van der Waals surface area contributed by atoms with Gasteiger partial charge in [-0.1, -0.05) is 12.2 Å². The van der Waals surface area contributed by atoms with Gasteiger partial charge in [0, 0.05) is 12.5 Å². The first kappa shape index (κ1) is 10.7. The molecule has 1 aromatic rings. The highest BCUT2D eigenvalue weighted by Gasteiger charge is 3.04. The van der Waals surface area contributed by atoms with Crippen molar-refractivity contribution in [1.82, 2.24) is 13.9 Å². The third kappa shape index (κ3) is 0.591. The van der Waals surface area contributed by atoms with Gasteiger partial charge in [-0.15, -0.1) is 0 Å². The zero-order valence-electron chi connectivity index (χ0n) is 12.3. The normalized spacial score (nSPS) is 55.6. The first-order valence-electron chi connectivity index (χ1n) is 7.98. The van der Waals surface area contributed by atoms with E-state index in [0.29, 0.717) is 23.7 Å². The Labute approximate surface area is 125 Å². The van der Waals surface area contributed by atoms with E-state index >= 15 is 0 Å². The number of allylic oxidation sites excluding steroid dienone is 4. The quantitative estimate of drug-likeness (QED) is 0.735. The predicted molar refractivity (Wildman–Crippen MR) is 75.1 cm³/mol. The number of ether oxygens (including phenoxy) is 1. The van der Waals surface area contributed by atoms with Crippen LogP contribution in [0.3, 0.4) is 0 Å². The molecule has 0 radical (unpaired) electrons. The van der Waals surface area contributed by atoms with Gasteiger partial charge in [-0.2, -0.15) is 0 Å². The molecule has 4 fully saturated rings. The number of hydrogen-bond donors (Lipinski definition) is 0. The Bertz CT molecular complexity index is 993. The van der Waals surface area contributed by atoms with Crippen molar-refractivity contribution in [1.29, 1.82) is 0 Å². The fraction of sp³-hybridized carbons (Fsp3) is 0.625. The van der Waals surface area contributed by atoms with Gasteiger partial charge in [-0.25, -0.2) is 23.5 Å². The van der Waals surface area contributed by atoms with Crippen molar-refractivity contribution < 1.29 is 4.74 Å². The second-order valence-electron chi connectivity index (χ2n) is 7.81. The third-order valence-corrected chi connectivity index (χ3v) is 7.87. The minimum Gasteiger partial charge on any atom is -0.500 e. The molecule has 8 atom stereocenters. The molecule has 0 aromatic carbocycles. The van der Waals surface area contributed by atoms with Crippen LogP contribution in [0.4, 0.5) is 0 Å². The van der Waals surface area contributed by atoms with E-state index < -0.39 is 0 Å². The lowest BCUT2D eigenvalue weighted by molar-refractivity contribution is 0.0119. The minimum absolute atomic E-state index is 0.0272. The van der Waals surface area contributed by atoms with Gasteiger partial charge in [0.15, 0.2) is 0 Å². The third-order valence-electron chi connectivity index (χ3n) is 7.87. The molecule has 4 saturated carbocycles. The Morgan fingerprint density at radius 2 is 1.77 bits per heavy atom. The lowest BCUT2D eigenvalue weighted by Crippen LogP contribution is -2.53. The summed E-state index contributed by atoms with van der Waals surface area (Å²) >= 11 is 0. The molecule has 1 aromatic heterocycles. The molecular formula is C16H15N3O3. The second-order valence-corrected chi connectivity index (χ2v) is 7.81. The second kappa shape index (κ2) is 2.47. The van der Waals surface area contributed by atoms with Crippen molar-refractivity contribution in [2.45, 2.75) is 12.1 Å².